The first-order valence-electron chi connectivity index (χ1n) is 13.1. The maximum atomic E-state index is 14.8. The number of rotatable bonds is 7. The van der Waals surface area contributed by atoms with Crippen LogP contribution in [-0.4, -0.2) is 63.1 Å². The molecule has 12 heteroatoms. The van der Waals surface area contributed by atoms with Crippen LogP contribution in [0.3, 0.4) is 0 Å². The second kappa shape index (κ2) is 11.4. The van der Waals surface area contributed by atoms with E-state index in [0.29, 0.717) is 41.1 Å². The van der Waals surface area contributed by atoms with Crippen LogP contribution < -0.4 is 14.8 Å². The van der Waals surface area contributed by atoms with E-state index in [1.165, 1.54) is 18.5 Å². The Kier molecular flexibility index (Phi) is 8.13. The molecule has 5 rings (SSSR count). The normalized spacial score (nSPS) is 20.5. The third-order valence-electron chi connectivity index (χ3n) is 6.93. The molecular weight excluding hydrogens is 562 g/mol. The lowest BCUT2D eigenvalue weighted by Gasteiger charge is -2.39. The first kappa shape index (κ1) is 28.4. The Balaban J connectivity index is 1.42. The van der Waals surface area contributed by atoms with Crippen LogP contribution in [0.2, 0.25) is 10.0 Å². The fraction of sp³-hybridized carbons (Fsp3) is 0.464. The second-order valence-corrected chi connectivity index (χ2v) is 11.7. The van der Waals surface area contributed by atoms with Crippen LogP contribution >= 0.6 is 23.2 Å². The molecule has 214 valence electrons. The zero-order valence-corrected chi connectivity index (χ0v) is 23.9. The van der Waals surface area contributed by atoms with Gasteiger partial charge in [0.05, 0.1) is 27.9 Å². The molecule has 1 aromatic heterocycles. The molecule has 2 N–H and O–H groups in total. The van der Waals surface area contributed by atoms with E-state index in [4.69, 9.17) is 37.4 Å². The highest BCUT2D eigenvalue weighted by Gasteiger charge is 2.45. The molecule has 3 heterocycles. The Morgan fingerprint density at radius 1 is 1.15 bits per heavy atom. The smallest absolute Gasteiger partial charge is 0.410 e. The van der Waals surface area contributed by atoms with Gasteiger partial charge >= 0.3 is 6.09 Å². The van der Waals surface area contributed by atoms with Gasteiger partial charge in [0, 0.05) is 36.4 Å². The monoisotopic (exact) mass is 592 g/mol. The molecule has 0 unspecified atom stereocenters. The number of piperidine rings is 1. The average molecular weight is 593 g/mol. The molecule has 40 heavy (non-hydrogen) atoms. The minimum absolute atomic E-state index is 0.0130. The lowest BCUT2D eigenvalue weighted by molar-refractivity contribution is -0.00744. The molecule has 2 aromatic carbocycles. The van der Waals surface area contributed by atoms with Crippen LogP contribution in [0.1, 0.15) is 46.5 Å². The van der Waals surface area contributed by atoms with E-state index in [-0.39, 0.29) is 53.2 Å². The topological polar surface area (TPSA) is 106 Å². The molecule has 0 radical (unpaired) electrons. The maximum absolute atomic E-state index is 14.8. The number of hydrogen-bond donors (Lipinski definition) is 2. The minimum atomic E-state index is -0.701. The van der Waals surface area contributed by atoms with E-state index >= 15 is 0 Å². The fourth-order valence-corrected chi connectivity index (χ4v) is 5.60. The second-order valence-electron chi connectivity index (χ2n) is 10.9. The Bertz CT molecular complexity index is 1410. The van der Waals surface area contributed by atoms with Crippen molar-refractivity contribution in [3.05, 3.63) is 46.5 Å². The quantitative estimate of drug-likeness (QED) is 0.299. The Hall–Kier alpha value is -3.08. The number of carbonyl (C=O) groups excluding carboxylic acids is 1. The van der Waals surface area contributed by atoms with Gasteiger partial charge in [-0.25, -0.2) is 19.2 Å². The molecule has 9 nitrogen and oxygen atoms in total. The number of fused-ring (bicyclic) bond motifs is 3. The minimum Gasteiger partial charge on any atom is -0.487 e. The van der Waals surface area contributed by atoms with Crippen LogP contribution in [0.25, 0.3) is 10.9 Å². The molecule has 2 aliphatic rings. The fourth-order valence-electron chi connectivity index (χ4n) is 5.29. The number of amides is 1. The van der Waals surface area contributed by atoms with Crippen molar-refractivity contribution in [3.8, 4) is 11.5 Å². The Labute approximate surface area is 241 Å². The maximum Gasteiger partial charge on any atom is 0.410 e. The lowest BCUT2D eigenvalue weighted by atomic mass is 10.00. The van der Waals surface area contributed by atoms with E-state index in [1.54, 1.807) is 12.1 Å². The molecule has 2 fully saturated rings. The van der Waals surface area contributed by atoms with Gasteiger partial charge in [-0.2, -0.15) is 0 Å². The number of nitrogens with zero attached hydrogens (tertiary/aromatic N) is 3. The first-order valence-corrected chi connectivity index (χ1v) is 13.9. The number of anilines is 2. The molecule has 2 saturated heterocycles. The molecule has 3 atom stereocenters. The highest BCUT2D eigenvalue weighted by molar-refractivity contribution is 6.42. The molecular formula is C28H31Cl2FN4O5. The summed E-state index contributed by atoms with van der Waals surface area (Å²) in [4.78, 5) is 23.4. The van der Waals surface area contributed by atoms with Crippen LogP contribution in [0, 0.1) is 5.82 Å². The highest BCUT2D eigenvalue weighted by Crippen LogP contribution is 2.41. The van der Waals surface area contributed by atoms with Crippen LogP contribution in [0.5, 0.6) is 11.5 Å². The van der Waals surface area contributed by atoms with Gasteiger partial charge in [-0.05, 0) is 51.8 Å². The van der Waals surface area contributed by atoms with E-state index in [9.17, 15) is 14.3 Å². The summed E-state index contributed by atoms with van der Waals surface area (Å²) >= 11 is 11.9. The predicted molar refractivity (Wildman–Crippen MR) is 150 cm³/mol. The standard InChI is InChI=1S/C28H31Cl2FN4O5/c1-28(2,3)40-27(37)35-15-4-5-16(35)11-17(10-15)39-23-12-18-21(13-22(23)38-9-8-36)32-14-33-26(18)34-20-7-6-19(29)24(30)25(20)31/h6-7,12-17,36H,4-5,8-11H2,1-3H3,(H,32,33,34)/t15-,16+,17-. The van der Waals surface area contributed by atoms with Gasteiger partial charge in [-0.1, -0.05) is 23.2 Å². The largest absolute Gasteiger partial charge is 0.487 e. The van der Waals surface area contributed by atoms with Gasteiger partial charge in [-0.15, -0.1) is 0 Å². The van der Waals surface area contributed by atoms with Crippen molar-refractivity contribution in [1.82, 2.24) is 14.9 Å². The number of carbonyl (C=O) groups is 1. The van der Waals surface area contributed by atoms with Crippen molar-refractivity contribution in [2.45, 2.75) is 70.2 Å². The Morgan fingerprint density at radius 3 is 2.55 bits per heavy atom. The number of benzene rings is 2. The molecule has 0 saturated carbocycles. The average Bonchev–Trinajstić information content (AvgIpc) is 3.17. The number of halogens is 3. The summed E-state index contributed by atoms with van der Waals surface area (Å²) in [6.07, 6.45) is 3.91. The zero-order chi connectivity index (χ0) is 28.6. The third kappa shape index (κ3) is 5.99. The van der Waals surface area contributed by atoms with Crippen molar-refractivity contribution in [3.63, 3.8) is 0 Å². The van der Waals surface area contributed by atoms with Gasteiger partial charge < -0.3 is 29.5 Å². The first-order chi connectivity index (χ1) is 19.0. The van der Waals surface area contributed by atoms with E-state index in [1.807, 2.05) is 25.7 Å². The Morgan fingerprint density at radius 2 is 1.88 bits per heavy atom. The summed E-state index contributed by atoms with van der Waals surface area (Å²) < 4.78 is 32.7. The van der Waals surface area contributed by atoms with E-state index in [0.717, 1.165) is 12.8 Å². The van der Waals surface area contributed by atoms with Gasteiger partial charge in [0.1, 0.15) is 30.5 Å². The number of aliphatic hydroxyl groups is 1. The van der Waals surface area contributed by atoms with Gasteiger partial charge in [0.25, 0.3) is 0 Å². The van der Waals surface area contributed by atoms with E-state index in [2.05, 4.69) is 15.3 Å². The molecule has 1 amide bonds. The molecule has 2 aliphatic heterocycles. The zero-order valence-electron chi connectivity index (χ0n) is 22.4. The number of aromatic nitrogens is 2. The molecule has 0 aliphatic carbocycles. The van der Waals surface area contributed by atoms with Crippen molar-refractivity contribution in [1.29, 1.82) is 0 Å². The van der Waals surface area contributed by atoms with Crippen molar-refractivity contribution >= 4 is 51.7 Å². The van der Waals surface area contributed by atoms with E-state index < -0.39 is 11.4 Å². The predicted octanol–water partition coefficient (Wildman–Crippen LogP) is 6.50. The highest BCUT2D eigenvalue weighted by atomic mass is 35.5. The molecule has 0 spiro atoms. The summed E-state index contributed by atoms with van der Waals surface area (Å²) in [6.45, 7) is 5.47. The van der Waals surface area contributed by atoms with Crippen molar-refractivity contribution in [2.24, 2.45) is 0 Å². The van der Waals surface area contributed by atoms with Crippen LogP contribution in [0.15, 0.2) is 30.6 Å². The van der Waals surface area contributed by atoms with Crippen molar-refractivity contribution < 1.29 is 28.5 Å². The van der Waals surface area contributed by atoms with Gasteiger partial charge in [0.15, 0.2) is 17.3 Å². The molecule has 2 bridgehead atoms. The number of aliphatic hydroxyl groups excluding tert-OH is 1. The third-order valence-corrected chi connectivity index (χ3v) is 7.71. The SMILES string of the molecule is CC(C)(C)OC(=O)N1[C@@H]2CC[C@H]1C[C@H](Oc1cc3c(Nc4ccc(Cl)c(Cl)c4F)ncnc3cc1OCCO)C2. The van der Waals surface area contributed by atoms with Gasteiger partial charge in [-0.3, -0.25) is 0 Å². The summed E-state index contributed by atoms with van der Waals surface area (Å²) in [6, 6.07) is 6.43. The summed E-state index contributed by atoms with van der Waals surface area (Å²) in [5.41, 5.74) is 0.0590. The van der Waals surface area contributed by atoms with Gasteiger partial charge in [0.2, 0.25) is 0 Å². The number of nitrogens with one attached hydrogen (secondary N) is 1. The number of hydrogen-bond acceptors (Lipinski definition) is 8. The molecule has 3 aromatic rings. The lowest BCUT2D eigenvalue weighted by Crippen LogP contribution is -2.50. The summed E-state index contributed by atoms with van der Waals surface area (Å²) in [7, 11) is 0. The summed E-state index contributed by atoms with van der Waals surface area (Å²) in [5, 5.41) is 12.8. The van der Waals surface area contributed by atoms with Crippen molar-refractivity contribution in [2.75, 3.05) is 18.5 Å². The van der Waals surface area contributed by atoms with Crippen LogP contribution in [-0.2, 0) is 4.74 Å². The van der Waals surface area contributed by atoms with Crippen LogP contribution in [0.4, 0.5) is 20.7 Å². The number of ether oxygens (including phenoxy) is 3. The summed E-state index contributed by atoms with van der Waals surface area (Å²) in [5.74, 6) is 0.477.